The Balaban J connectivity index is 1.89. The average Bonchev–Trinajstić information content (AvgIpc) is 2.76. The molecule has 0 spiro atoms. The van der Waals surface area contributed by atoms with Gasteiger partial charge in [0.25, 0.3) is 0 Å². The fourth-order valence-electron chi connectivity index (χ4n) is 1.99. The predicted octanol–water partition coefficient (Wildman–Crippen LogP) is 0.882. The van der Waals surface area contributed by atoms with Crippen LogP contribution in [0.3, 0.4) is 0 Å². The lowest BCUT2D eigenvalue weighted by atomic mass is 10.2. The summed E-state index contributed by atoms with van der Waals surface area (Å²) in [7, 11) is 0. The zero-order chi connectivity index (χ0) is 14.5. The van der Waals surface area contributed by atoms with Crippen molar-refractivity contribution in [3.8, 4) is 0 Å². The van der Waals surface area contributed by atoms with Crippen LogP contribution in [0.2, 0.25) is 0 Å². The molecule has 0 aliphatic carbocycles. The predicted molar refractivity (Wildman–Crippen MR) is 67.8 cm³/mol. The molecule has 1 aliphatic rings. The van der Waals surface area contributed by atoms with Crippen molar-refractivity contribution in [2.75, 3.05) is 6.61 Å². The second-order valence-electron chi connectivity index (χ2n) is 4.48. The summed E-state index contributed by atoms with van der Waals surface area (Å²) in [5.41, 5.74) is 0.426. The van der Waals surface area contributed by atoms with Gasteiger partial charge in [-0.15, -0.1) is 0 Å². The van der Waals surface area contributed by atoms with Crippen molar-refractivity contribution in [1.82, 2.24) is 0 Å². The van der Waals surface area contributed by atoms with Gasteiger partial charge in [0.2, 0.25) is 0 Å². The first kappa shape index (κ1) is 14.5. The number of hydrogen-bond donors (Lipinski definition) is 1. The second kappa shape index (κ2) is 6.49. The fourth-order valence-corrected chi connectivity index (χ4v) is 1.99. The number of carbonyl (C=O) groups excluding carboxylic acids is 2. The molecule has 6 heteroatoms. The first-order valence-corrected chi connectivity index (χ1v) is 6.29. The number of rotatable bonds is 4. The summed E-state index contributed by atoms with van der Waals surface area (Å²) >= 11 is 0. The van der Waals surface area contributed by atoms with Crippen LogP contribution in [0.5, 0.6) is 0 Å². The summed E-state index contributed by atoms with van der Waals surface area (Å²) in [5, 5.41) is 9.41. The maximum Gasteiger partial charge on any atom is 0.338 e. The molecule has 1 heterocycles. The van der Waals surface area contributed by atoms with Crippen LogP contribution in [0.25, 0.3) is 0 Å². The normalized spacial score (nSPS) is 25.2. The molecule has 2 rings (SSSR count). The lowest BCUT2D eigenvalue weighted by Gasteiger charge is -2.17. The van der Waals surface area contributed by atoms with Gasteiger partial charge in [-0.3, -0.25) is 4.79 Å². The van der Waals surface area contributed by atoms with E-state index in [1.54, 1.807) is 30.3 Å². The summed E-state index contributed by atoms with van der Waals surface area (Å²) in [5.74, 6) is -0.954. The summed E-state index contributed by atoms with van der Waals surface area (Å²) < 4.78 is 15.3. The Kier molecular flexibility index (Phi) is 4.70. The third-order valence-corrected chi connectivity index (χ3v) is 2.89. The van der Waals surface area contributed by atoms with E-state index in [0.717, 1.165) is 0 Å². The molecule has 0 radical (unpaired) electrons. The van der Waals surface area contributed by atoms with Gasteiger partial charge >= 0.3 is 11.9 Å². The monoisotopic (exact) mass is 280 g/mol. The minimum atomic E-state index is -1.01. The molecule has 108 valence electrons. The largest absolute Gasteiger partial charge is 0.459 e. The Hall–Kier alpha value is -1.92. The van der Waals surface area contributed by atoms with Crippen LogP contribution in [0.4, 0.5) is 0 Å². The van der Waals surface area contributed by atoms with Gasteiger partial charge in [0.15, 0.2) is 6.29 Å². The highest BCUT2D eigenvalue weighted by Crippen LogP contribution is 2.22. The highest BCUT2D eigenvalue weighted by molar-refractivity contribution is 5.89. The number of benzene rings is 1. The van der Waals surface area contributed by atoms with Crippen LogP contribution in [-0.2, 0) is 19.0 Å². The standard InChI is InChI=1S/C14H16O6/c1-9(15)19-11-7-13(16)20-12(11)8-18-14(17)10-5-3-2-4-6-10/h2-6,11-13,16H,7-8H2,1H3/t11-,12+,13+/m1/s1. The molecule has 0 amide bonds. The third kappa shape index (κ3) is 3.79. The van der Waals surface area contributed by atoms with E-state index in [9.17, 15) is 14.7 Å². The van der Waals surface area contributed by atoms with E-state index in [1.165, 1.54) is 6.92 Å². The molecule has 1 saturated heterocycles. The fraction of sp³-hybridized carbons (Fsp3) is 0.429. The zero-order valence-electron chi connectivity index (χ0n) is 11.0. The average molecular weight is 280 g/mol. The smallest absolute Gasteiger partial charge is 0.338 e. The Bertz CT molecular complexity index is 472. The maximum atomic E-state index is 11.8. The first-order valence-electron chi connectivity index (χ1n) is 6.29. The highest BCUT2D eigenvalue weighted by Gasteiger charge is 2.37. The third-order valence-electron chi connectivity index (χ3n) is 2.89. The van der Waals surface area contributed by atoms with E-state index < -0.39 is 30.4 Å². The Morgan fingerprint density at radius 1 is 1.35 bits per heavy atom. The molecule has 0 bridgehead atoms. The van der Waals surface area contributed by atoms with E-state index in [2.05, 4.69) is 0 Å². The van der Waals surface area contributed by atoms with E-state index in [-0.39, 0.29) is 13.0 Å². The first-order chi connectivity index (χ1) is 9.56. The maximum absolute atomic E-state index is 11.8. The zero-order valence-corrected chi connectivity index (χ0v) is 11.0. The molecule has 0 aromatic heterocycles. The van der Waals surface area contributed by atoms with Crippen molar-refractivity contribution in [3.63, 3.8) is 0 Å². The summed E-state index contributed by atoms with van der Waals surface area (Å²) in [6.45, 7) is 1.19. The lowest BCUT2D eigenvalue weighted by Crippen LogP contribution is -2.31. The molecule has 0 unspecified atom stereocenters. The Morgan fingerprint density at radius 2 is 2.05 bits per heavy atom. The molecule has 1 fully saturated rings. The number of carbonyl (C=O) groups is 2. The molecule has 1 aromatic rings. The molecule has 1 N–H and O–H groups in total. The molecular formula is C14H16O6. The molecule has 3 atom stereocenters. The van der Waals surface area contributed by atoms with Gasteiger partial charge in [-0.2, -0.15) is 0 Å². The Morgan fingerprint density at radius 3 is 2.70 bits per heavy atom. The van der Waals surface area contributed by atoms with Crippen molar-refractivity contribution in [3.05, 3.63) is 35.9 Å². The minimum Gasteiger partial charge on any atom is -0.459 e. The van der Waals surface area contributed by atoms with Crippen molar-refractivity contribution in [2.24, 2.45) is 0 Å². The van der Waals surface area contributed by atoms with Crippen LogP contribution in [0.15, 0.2) is 30.3 Å². The summed E-state index contributed by atoms with van der Waals surface area (Å²) in [6.07, 6.45) is -2.10. The SMILES string of the molecule is CC(=O)O[C@@H]1C[C@@H](O)O[C@H]1COC(=O)c1ccccc1. The van der Waals surface area contributed by atoms with Gasteiger partial charge in [0.1, 0.15) is 18.8 Å². The van der Waals surface area contributed by atoms with Gasteiger partial charge in [0.05, 0.1) is 5.56 Å². The minimum absolute atomic E-state index is 0.0806. The van der Waals surface area contributed by atoms with Crippen LogP contribution in [0, 0.1) is 0 Å². The van der Waals surface area contributed by atoms with E-state index >= 15 is 0 Å². The van der Waals surface area contributed by atoms with Crippen molar-refractivity contribution in [1.29, 1.82) is 0 Å². The van der Waals surface area contributed by atoms with E-state index in [4.69, 9.17) is 14.2 Å². The van der Waals surface area contributed by atoms with Gasteiger partial charge in [0, 0.05) is 13.3 Å². The quantitative estimate of drug-likeness (QED) is 0.825. The topological polar surface area (TPSA) is 82.1 Å². The molecule has 20 heavy (non-hydrogen) atoms. The van der Waals surface area contributed by atoms with Gasteiger partial charge < -0.3 is 19.3 Å². The highest BCUT2D eigenvalue weighted by atomic mass is 16.7. The number of esters is 2. The van der Waals surface area contributed by atoms with Gasteiger partial charge in [-0.25, -0.2) is 4.79 Å². The van der Waals surface area contributed by atoms with E-state index in [0.29, 0.717) is 5.56 Å². The number of hydrogen-bond acceptors (Lipinski definition) is 6. The van der Waals surface area contributed by atoms with Crippen LogP contribution >= 0.6 is 0 Å². The summed E-state index contributed by atoms with van der Waals surface area (Å²) in [6, 6.07) is 8.53. The lowest BCUT2D eigenvalue weighted by molar-refractivity contribution is -0.151. The van der Waals surface area contributed by atoms with Crippen LogP contribution in [-0.4, -0.2) is 42.1 Å². The number of aliphatic hydroxyl groups is 1. The van der Waals surface area contributed by atoms with Crippen LogP contribution < -0.4 is 0 Å². The van der Waals surface area contributed by atoms with Crippen molar-refractivity contribution in [2.45, 2.75) is 31.8 Å². The van der Waals surface area contributed by atoms with Crippen molar-refractivity contribution < 1.29 is 28.9 Å². The van der Waals surface area contributed by atoms with Gasteiger partial charge in [-0.05, 0) is 12.1 Å². The van der Waals surface area contributed by atoms with Gasteiger partial charge in [-0.1, -0.05) is 18.2 Å². The van der Waals surface area contributed by atoms with E-state index in [1.807, 2.05) is 0 Å². The Labute approximate surface area is 116 Å². The molecule has 6 nitrogen and oxygen atoms in total. The molecular weight excluding hydrogens is 264 g/mol. The number of aliphatic hydroxyl groups excluding tert-OH is 1. The number of ether oxygens (including phenoxy) is 3. The van der Waals surface area contributed by atoms with Crippen LogP contribution in [0.1, 0.15) is 23.7 Å². The second-order valence-corrected chi connectivity index (χ2v) is 4.48. The molecule has 1 aliphatic heterocycles. The summed E-state index contributed by atoms with van der Waals surface area (Å²) in [4.78, 5) is 22.7. The van der Waals surface area contributed by atoms with Crippen molar-refractivity contribution >= 4 is 11.9 Å². The molecule has 0 saturated carbocycles. The molecule has 1 aromatic carbocycles.